The van der Waals surface area contributed by atoms with Crippen molar-refractivity contribution in [1.82, 2.24) is 5.32 Å². The van der Waals surface area contributed by atoms with Crippen LogP contribution in [0.4, 0.5) is 13.2 Å². The van der Waals surface area contributed by atoms with Crippen molar-refractivity contribution in [3.63, 3.8) is 0 Å². The summed E-state index contributed by atoms with van der Waals surface area (Å²) < 4.78 is 38.3. The van der Waals surface area contributed by atoms with Gasteiger partial charge in [0.1, 0.15) is 0 Å². The summed E-state index contributed by atoms with van der Waals surface area (Å²) in [5.41, 5.74) is 2.67. The zero-order valence-electron chi connectivity index (χ0n) is 13.0. The summed E-state index contributed by atoms with van der Waals surface area (Å²) in [5, 5.41) is 3.49. The Bertz CT molecular complexity index is 638. The molecule has 4 heteroatoms. The van der Waals surface area contributed by atoms with Crippen molar-refractivity contribution in [1.29, 1.82) is 0 Å². The molecule has 3 rings (SSSR count). The standard InChI is InChI=1S/C19H20F3N/c1-13-4-6-14(7-5-13)18(17-3-2-12-23-17)15-8-10-16(11-9-15)19(20,21)22/h4-11,17-18,23H,2-3,12H2,1H3/t17?,18-/m1/s1. The summed E-state index contributed by atoms with van der Waals surface area (Å²) in [7, 11) is 0. The number of aryl methyl sites for hydroxylation is 1. The Labute approximate surface area is 134 Å². The lowest BCUT2D eigenvalue weighted by Gasteiger charge is -2.25. The topological polar surface area (TPSA) is 12.0 Å². The molecular weight excluding hydrogens is 299 g/mol. The van der Waals surface area contributed by atoms with Gasteiger partial charge in [-0.15, -0.1) is 0 Å². The second kappa shape index (κ2) is 6.36. The SMILES string of the molecule is Cc1ccc([C@H](c2ccc(C(F)(F)F)cc2)C2CCCN2)cc1. The predicted octanol–water partition coefficient (Wildman–Crippen LogP) is 4.90. The van der Waals surface area contributed by atoms with Gasteiger partial charge in [-0.25, -0.2) is 0 Å². The zero-order chi connectivity index (χ0) is 16.4. The van der Waals surface area contributed by atoms with Crippen molar-refractivity contribution in [3.8, 4) is 0 Å². The molecule has 2 aromatic rings. The summed E-state index contributed by atoms with van der Waals surface area (Å²) in [6.07, 6.45) is -2.14. The van der Waals surface area contributed by atoms with E-state index in [2.05, 4.69) is 29.6 Å². The van der Waals surface area contributed by atoms with E-state index in [4.69, 9.17) is 0 Å². The van der Waals surface area contributed by atoms with E-state index in [1.165, 1.54) is 17.7 Å². The minimum absolute atomic E-state index is 0.0837. The number of rotatable bonds is 3. The third-order valence-electron chi connectivity index (χ3n) is 4.53. The molecule has 1 aliphatic rings. The number of hydrogen-bond acceptors (Lipinski definition) is 1. The van der Waals surface area contributed by atoms with Crippen LogP contribution in [-0.4, -0.2) is 12.6 Å². The predicted molar refractivity (Wildman–Crippen MR) is 85.5 cm³/mol. The lowest BCUT2D eigenvalue weighted by atomic mass is 9.84. The summed E-state index contributed by atoms with van der Waals surface area (Å²) in [4.78, 5) is 0. The van der Waals surface area contributed by atoms with Gasteiger partial charge in [0.25, 0.3) is 0 Å². The second-order valence-corrected chi connectivity index (χ2v) is 6.21. The molecule has 1 fully saturated rings. The molecule has 2 aromatic carbocycles. The molecule has 1 saturated heterocycles. The van der Waals surface area contributed by atoms with Crippen molar-refractivity contribution >= 4 is 0 Å². The molecule has 1 unspecified atom stereocenters. The van der Waals surface area contributed by atoms with Gasteiger partial charge in [-0.05, 0) is 49.6 Å². The van der Waals surface area contributed by atoms with Crippen molar-refractivity contribution < 1.29 is 13.2 Å². The fourth-order valence-electron chi connectivity index (χ4n) is 3.31. The van der Waals surface area contributed by atoms with Gasteiger partial charge in [0.2, 0.25) is 0 Å². The Hall–Kier alpha value is -1.81. The van der Waals surface area contributed by atoms with Crippen LogP contribution in [-0.2, 0) is 6.18 Å². The molecule has 0 aromatic heterocycles. The summed E-state index contributed by atoms with van der Waals surface area (Å²) in [6, 6.07) is 14.2. The molecule has 2 atom stereocenters. The number of nitrogens with one attached hydrogen (secondary N) is 1. The van der Waals surface area contributed by atoms with Gasteiger partial charge in [0.15, 0.2) is 0 Å². The largest absolute Gasteiger partial charge is 0.416 e. The lowest BCUT2D eigenvalue weighted by molar-refractivity contribution is -0.137. The highest BCUT2D eigenvalue weighted by Crippen LogP contribution is 2.35. The summed E-state index contributed by atoms with van der Waals surface area (Å²) in [5.74, 6) is 0.0837. The van der Waals surface area contributed by atoms with E-state index < -0.39 is 11.7 Å². The minimum atomic E-state index is -4.29. The maximum Gasteiger partial charge on any atom is 0.416 e. The molecule has 0 radical (unpaired) electrons. The second-order valence-electron chi connectivity index (χ2n) is 6.21. The number of benzene rings is 2. The molecule has 0 aliphatic carbocycles. The third kappa shape index (κ3) is 3.58. The van der Waals surface area contributed by atoms with Crippen molar-refractivity contribution in [2.75, 3.05) is 6.54 Å². The Balaban J connectivity index is 1.96. The average molecular weight is 319 g/mol. The first-order valence-electron chi connectivity index (χ1n) is 7.92. The molecule has 0 saturated carbocycles. The van der Waals surface area contributed by atoms with E-state index in [1.807, 2.05) is 6.92 Å². The zero-order valence-corrected chi connectivity index (χ0v) is 13.0. The van der Waals surface area contributed by atoms with Crippen LogP contribution in [0, 0.1) is 6.92 Å². The fraction of sp³-hybridized carbons (Fsp3) is 0.368. The molecule has 1 N–H and O–H groups in total. The van der Waals surface area contributed by atoms with Gasteiger partial charge in [0.05, 0.1) is 5.56 Å². The molecular formula is C19H20F3N. The van der Waals surface area contributed by atoms with Gasteiger partial charge < -0.3 is 5.32 Å². The molecule has 23 heavy (non-hydrogen) atoms. The van der Waals surface area contributed by atoms with Gasteiger partial charge in [-0.2, -0.15) is 13.2 Å². The van der Waals surface area contributed by atoms with Crippen LogP contribution in [0.2, 0.25) is 0 Å². The van der Waals surface area contributed by atoms with E-state index in [9.17, 15) is 13.2 Å². The quantitative estimate of drug-likeness (QED) is 0.848. The normalized spacial score (nSPS) is 19.7. The van der Waals surface area contributed by atoms with Crippen LogP contribution in [0.15, 0.2) is 48.5 Å². The van der Waals surface area contributed by atoms with Crippen LogP contribution in [0.5, 0.6) is 0 Å². The summed E-state index contributed by atoms with van der Waals surface area (Å²) >= 11 is 0. The van der Waals surface area contributed by atoms with E-state index in [0.717, 1.165) is 30.5 Å². The first-order valence-corrected chi connectivity index (χ1v) is 7.92. The number of halogens is 3. The Kier molecular flexibility index (Phi) is 4.44. The monoisotopic (exact) mass is 319 g/mol. The molecule has 0 amide bonds. The smallest absolute Gasteiger partial charge is 0.313 e. The van der Waals surface area contributed by atoms with Crippen molar-refractivity contribution in [3.05, 3.63) is 70.8 Å². The molecule has 0 bridgehead atoms. The van der Waals surface area contributed by atoms with Crippen LogP contribution in [0.25, 0.3) is 0 Å². The van der Waals surface area contributed by atoms with E-state index in [-0.39, 0.29) is 12.0 Å². The Morgan fingerprint density at radius 3 is 2.00 bits per heavy atom. The third-order valence-corrected chi connectivity index (χ3v) is 4.53. The fourth-order valence-corrected chi connectivity index (χ4v) is 3.31. The van der Waals surface area contributed by atoms with Gasteiger partial charge in [0, 0.05) is 12.0 Å². The van der Waals surface area contributed by atoms with Crippen molar-refractivity contribution in [2.45, 2.75) is 37.9 Å². The highest BCUT2D eigenvalue weighted by Gasteiger charge is 2.32. The minimum Gasteiger partial charge on any atom is -0.313 e. The van der Waals surface area contributed by atoms with Crippen LogP contribution in [0.1, 0.15) is 41.0 Å². The van der Waals surface area contributed by atoms with E-state index in [0.29, 0.717) is 0 Å². The maximum absolute atomic E-state index is 12.8. The van der Waals surface area contributed by atoms with Crippen molar-refractivity contribution in [2.24, 2.45) is 0 Å². The highest BCUT2D eigenvalue weighted by atomic mass is 19.4. The van der Waals surface area contributed by atoms with Gasteiger partial charge in [-0.1, -0.05) is 42.0 Å². The number of hydrogen-bond donors (Lipinski definition) is 1. The van der Waals surface area contributed by atoms with E-state index in [1.54, 1.807) is 12.1 Å². The molecule has 1 heterocycles. The highest BCUT2D eigenvalue weighted by molar-refractivity contribution is 5.37. The maximum atomic E-state index is 12.8. The van der Waals surface area contributed by atoms with E-state index >= 15 is 0 Å². The number of alkyl halides is 3. The first-order chi connectivity index (χ1) is 10.9. The van der Waals surface area contributed by atoms with Crippen LogP contribution in [0.3, 0.4) is 0 Å². The molecule has 1 aliphatic heterocycles. The Morgan fingerprint density at radius 2 is 1.52 bits per heavy atom. The van der Waals surface area contributed by atoms with Gasteiger partial charge >= 0.3 is 6.18 Å². The molecule has 122 valence electrons. The lowest BCUT2D eigenvalue weighted by Crippen LogP contribution is -2.29. The Morgan fingerprint density at radius 1 is 0.957 bits per heavy atom. The van der Waals surface area contributed by atoms with Crippen LogP contribution >= 0.6 is 0 Å². The molecule has 0 spiro atoms. The molecule has 1 nitrogen and oxygen atoms in total. The summed E-state index contributed by atoms with van der Waals surface area (Å²) in [6.45, 7) is 3.00. The van der Waals surface area contributed by atoms with Crippen LogP contribution < -0.4 is 5.32 Å². The average Bonchev–Trinajstić information content (AvgIpc) is 3.03. The first kappa shape index (κ1) is 16.1. The van der Waals surface area contributed by atoms with Gasteiger partial charge in [-0.3, -0.25) is 0 Å².